The molecule has 14 heavy (non-hydrogen) atoms. The van der Waals surface area contributed by atoms with Crippen molar-refractivity contribution < 1.29 is 14.6 Å². The summed E-state index contributed by atoms with van der Waals surface area (Å²) in [7, 11) is 1.31. The van der Waals surface area contributed by atoms with Gasteiger partial charge in [0, 0.05) is 15.5 Å². The molecule has 4 heteroatoms. The Bertz CT molecular complexity index is 461. The van der Waals surface area contributed by atoms with E-state index in [2.05, 4.69) is 9.78 Å². The highest BCUT2D eigenvalue weighted by Crippen LogP contribution is 2.25. The van der Waals surface area contributed by atoms with E-state index in [1.807, 2.05) is 24.3 Å². The smallest absolute Gasteiger partial charge is 0.293 e. The molecule has 3 nitrogen and oxygen atoms in total. The average Bonchev–Trinajstić information content (AvgIpc) is 2.61. The SMILES string of the molecule is COOC(=O)c1csc2ccccc12. The minimum Gasteiger partial charge on any atom is -0.293 e. The van der Waals surface area contributed by atoms with Crippen molar-refractivity contribution in [2.24, 2.45) is 0 Å². The Hall–Kier alpha value is -1.39. The fourth-order valence-corrected chi connectivity index (χ4v) is 2.19. The van der Waals surface area contributed by atoms with Crippen molar-refractivity contribution >= 4 is 27.4 Å². The number of hydrogen-bond donors (Lipinski definition) is 0. The average molecular weight is 208 g/mol. The highest BCUT2D eigenvalue weighted by molar-refractivity contribution is 7.17. The van der Waals surface area contributed by atoms with Gasteiger partial charge in [0.05, 0.1) is 12.7 Å². The molecular formula is C10H8O3S. The van der Waals surface area contributed by atoms with Gasteiger partial charge in [-0.3, -0.25) is 4.89 Å². The Labute approximate surface area is 84.8 Å². The number of carbonyl (C=O) groups is 1. The Kier molecular flexibility index (Phi) is 2.47. The molecular weight excluding hydrogens is 200 g/mol. The zero-order valence-electron chi connectivity index (χ0n) is 7.52. The van der Waals surface area contributed by atoms with Crippen LogP contribution in [0.2, 0.25) is 0 Å². The van der Waals surface area contributed by atoms with Gasteiger partial charge in [0.2, 0.25) is 0 Å². The van der Waals surface area contributed by atoms with Gasteiger partial charge < -0.3 is 0 Å². The van der Waals surface area contributed by atoms with E-state index in [0.717, 1.165) is 10.1 Å². The van der Waals surface area contributed by atoms with Crippen LogP contribution in [0, 0.1) is 0 Å². The van der Waals surface area contributed by atoms with Gasteiger partial charge in [-0.25, -0.2) is 4.79 Å². The molecule has 72 valence electrons. The summed E-state index contributed by atoms with van der Waals surface area (Å²) in [6.45, 7) is 0. The van der Waals surface area contributed by atoms with Gasteiger partial charge in [-0.05, 0) is 6.07 Å². The summed E-state index contributed by atoms with van der Waals surface area (Å²) in [4.78, 5) is 20.2. The molecule has 1 aromatic heterocycles. The van der Waals surface area contributed by atoms with Gasteiger partial charge >= 0.3 is 5.97 Å². The van der Waals surface area contributed by atoms with Crippen LogP contribution in [0.15, 0.2) is 29.6 Å². The number of carbonyl (C=O) groups excluding carboxylic acids is 1. The van der Waals surface area contributed by atoms with Crippen LogP contribution in [0.5, 0.6) is 0 Å². The van der Waals surface area contributed by atoms with Gasteiger partial charge in [0.25, 0.3) is 0 Å². The summed E-state index contributed by atoms with van der Waals surface area (Å²) in [5.74, 6) is -0.454. The first-order chi connectivity index (χ1) is 6.83. The Morgan fingerprint density at radius 3 is 2.93 bits per heavy atom. The molecule has 2 aromatic rings. The van der Waals surface area contributed by atoms with Crippen LogP contribution in [0.4, 0.5) is 0 Å². The molecule has 2 rings (SSSR count). The van der Waals surface area contributed by atoms with Gasteiger partial charge in [-0.2, -0.15) is 4.89 Å². The van der Waals surface area contributed by atoms with Crippen molar-refractivity contribution in [3.63, 3.8) is 0 Å². The first-order valence-electron chi connectivity index (χ1n) is 4.04. The minimum absolute atomic E-state index is 0.454. The number of fused-ring (bicyclic) bond motifs is 1. The fourth-order valence-electron chi connectivity index (χ4n) is 1.26. The van der Waals surface area contributed by atoms with E-state index in [1.54, 1.807) is 5.38 Å². The highest BCUT2D eigenvalue weighted by Gasteiger charge is 2.13. The third kappa shape index (κ3) is 1.49. The lowest BCUT2D eigenvalue weighted by molar-refractivity contribution is -0.216. The van der Waals surface area contributed by atoms with Crippen molar-refractivity contribution in [3.8, 4) is 0 Å². The molecule has 0 atom stereocenters. The molecule has 0 aliphatic carbocycles. The number of benzene rings is 1. The second-order valence-corrected chi connectivity index (χ2v) is 3.59. The molecule has 1 heterocycles. The van der Waals surface area contributed by atoms with Crippen LogP contribution >= 0.6 is 11.3 Å². The Morgan fingerprint density at radius 1 is 1.36 bits per heavy atom. The van der Waals surface area contributed by atoms with E-state index in [-0.39, 0.29) is 0 Å². The largest absolute Gasteiger partial charge is 0.374 e. The van der Waals surface area contributed by atoms with Crippen molar-refractivity contribution in [2.45, 2.75) is 0 Å². The summed E-state index contributed by atoms with van der Waals surface area (Å²) in [6, 6.07) is 7.67. The summed E-state index contributed by atoms with van der Waals surface area (Å²) in [5, 5.41) is 2.67. The molecule has 1 aromatic carbocycles. The number of rotatable bonds is 2. The maximum atomic E-state index is 11.4. The molecule has 0 saturated heterocycles. The lowest BCUT2D eigenvalue weighted by atomic mass is 10.2. The standard InChI is InChI=1S/C10H8O3S/c1-12-13-10(11)8-6-14-9-5-3-2-4-7(8)9/h2-6H,1H3. The third-order valence-electron chi connectivity index (χ3n) is 1.86. The van der Waals surface area contributed by atoms with Crippen LogP contribution in [0.25, 0.3) is 10.1 Å². The van der Waals surface area contributed by atoms with Crippen molar-refractivity contribution in [1.29, 1.82) is 0 Å². The maximum Gasteiger partial charge on any atom is 0.374 e. The van der Waals surface area contributed by atoms with Crippen LogP contribution in [-0.4, -0.2) is 13.1 Å². The number of thiophene rings is 1. The fraction of sp³-hybridized carbons (Fsp3) is 0.100. The molecule has 0 unspecified atom stereocenters. The van der Waals surface area contributed by atoms with E-state index in [4.69, 9.17) is 0 Å². The summed E-state index contributed by atoms with van der Waals surface area (Å²) < 4.78 is 1.07. The van der Waals surface area contributed by atoms with E-state index in [0.29, 0.717) is 5.56 Å². The van der Waals surface area contributed by atoms with Crippen LogP contribution in [-0.2, 0) is 9.78 Å². The van der Waals surface area contributed by atoms with Crippen molar-refractivity contribution in [3.05, 3.63) is 35.2 Å². The summed E-state index contributed by atoms with van der Waals surface area (Å²) in [6.07, 6.45) is 0. The zero-order chi connectivity index (χ0) is 9.97. The summed E-state index contributed by atoms with van der Waals surface area (Å²) >= 11 is 1.51. The third-order valence-corrected chi connectivity index (χ3v) is 2.82. The van der Waals surface area contributed by atoms with E-state index < -0.39 is 5.97 Å². The molecule has 0 spiro atoms. The van der Waals surface area contributed by atoms with Crippen LogP contribution in [0.1, 0.15) is 10.4 Å². The van der Waals surface area contributed by atoms with Gasteiger partial charge in [-0.15, -0.1) is 11.3 Å². The predicted molar refractivity (Wildman–Crippen MR) is 54.2 cm³/mol. The van der Waals surface area contributed by atoms with Crippen molar-refractivity contribution in [1.82, 2.24) is 0 Å². The zero-order valence-corrected chi connectivity index (χ0v) is 8.34. The molecule has 0 saturated carbocycles. The molecule has 0 radical (unpaired) electrons. The topological polar surface area (TPSA) is 35.5 Å². The lowest BCUT2D eigenvalue weighted by Gasteiger charge is -1.97. The van der Waals surface area contributed by atoms with E-state index >= 15 is 0 Å². The van der Waals surface area contributed by atoms with Crippen LogP contribution < -0.4 is 0 Å². The summed E-state index contributed by atoms with van der Waals surface area (Å²) in [5.41, 5.74) is 0.549. The predicted octanol–water partition coefficient (Wildman–Crippen LogP) is 2.62. The Morgan fingerprint density at radius 2 is 2.14 bits per heavy atom. The van der Waals surface area contributed by atoms with Crippen molar-refractivity contribution in [2.75, 3.05) is 7.11 Å². The maximum absolute atomic E-state index is 11.4. The second-order valence-electron chi connectivity index (χ2n) is 2.68. The molecule has 0 aliphatic rings. The first-order valence-corrected chi connectivity index (χ1v) is 4.92. The Balaban J connectivity index is 2.47. The molecule has 0 amide bonds. The lowest BCUT2D eigenvalue weighted by Crippen LogP contribution is -2.02. The molecule has 0 bridgehead atoms. The van der Waals surface area contributed by atoms with Gasteiger partial charge in [-0.1, -0.05) is 18.2 Å². The monoisotopic (exact) mass is 208 g/mol. The second kappa shape index (κ2) is 3.77. The molecule has 0 fully saturated rings. The number of hydrogen-bond acceptors (Lipinski definition) is 4. The quantitative estimate of drug-likeness (QED) is 0.562. The minimum atomic E-state index is -0.454. The van der Waals surface area contributed by atoms with Gasteiger partial charge in [0.15, 0.2) is 0 Å². The molecule has 0 aliphatic heterocycles. The normalized spacial score (nSPS) is 10.4. The molecule has 0 N–H and O–H groups in total. The van der Waals surface area contributed by atoms with Gasteiger partial charge in [0.1, 0.15) is 0 Å². The highest BCUT2D eigenvalue weighted by atomic mass is 32.1. The van der Waals surface area contributed by atoms with E-state index in [9.17, 15) is 4.79 Å². The van der Waals surface area contributed by atoms with Crippen LogP contribution in [0.3, 0.4) is 0 Å². The first kappa shape index (κ1) is 9.18. The van der Waals surface area contributed by atoms with E-state index in [1.165, 1.54) is 18.4 Å².